The number of benzene rings is 1. The van der Waals surface area contributed by atoms with E-state index >= 15 is 0 Å². The van der Waals surface area contributed by atoms with Crippen LogP contribution in [0.25, 0.3) is 0 Å². The van der Waals surface area contributed by atoms with Crippen LogP contribution >= 0.6 is 0 Å². The van der Waals surface area contributed by atoms with Crippen molar-refractivity contribution in [1.82, 2.24) is 15.5 Å². The van der Waals surface area contributed by atoms with E-state index < -0.39 is 23.4 Å². The Balaban J connectivity index is 1.74. The second kappa shape index (κ2) is 7.43. The van der Waals surface area contributed by atoms with Gasteiger partial charge in [0.05, 0.1) is 0 Å². The monoisotopic (exact) mass is 324 g/mol. The van der Waals surface area contributed by atoms with Crippen molar-refractivity contribution in [2.75, 3.05) is 11.9 Å². The maximum absolute atomic E-state index is 13.0. The Kier molecular flexibility index (Phi) is 5.34. The Morgan fingerprint density at radius 2 is 2.00 bits per heavy atom. The number of rotatable bonds is 5. The van der Waals surface area contributed by atoms with E-state index in [0.717, 1.165) is 18.2 Å². The lowest BCUT2D eigenvalue weighted by Crippen LogP contribution is -2.36. The Morgan fingerprint density at radius 1 is 1.22 bits per heavy atom. The number of anilines is 1. The molecule has 1 heterocycles. The predicted molar refractivity (Wildman–Crippen MR) is 75.4 cm³/mol. The third-order valence-electron chi connectivity index (χ3n) is 2.81. The number of carbonyl (C=O) groups excluding carboxylic acids is 2. The number of hydrogen-bond acceptors (Lipinski definition) is 5. The van der Waals surface area contributed by atoms with Crippen molar-refractivity contribution < 1.29 is 22.9 Å². The van der Waals surface area contributed by atoms with E-state index in [-0.39, 0.29) is 12.2 Å². The summed E-state index contributed by atoms with van der Waals surface area (Å²) in [5, 5.41) is 8.19. The van der Waals surface area contributed by atoms with Crippen LogP contribution in [-0.2, 0) is 16.0 Å². The lowest BCUT2D eigenvalue weighted by atomic mass is 10.3. The van der Waals surface area contributed by atoms with E-state index in [1.807, 2.05) is 0 Å². The summed E-state index contributed by atoms with van der Waals surface area (Å²) < 4.78 is 30.7. The molecule has 0 fully saturated rings. The van der Waals surface area contributed by atoms with Gasteiger partial charge in [0.15, 0.2) is 17.5 Å². The van der Waals surface area contributed by atoms with Crippen molar-refractivity contribution in [1.29, 1.82) is 0 Å². The van der Waals surface area contributed by atoms with E-state index in [2.05, 4.69) is 20.8 Å². The van der Waals surface area contributed by atoms with Gasteiger partial charge in [-0.3, -0.25) is 9.59 Å². The van der Waals surface area contributed by atoms with Crippen LogP contribution in [0.15, 0.2) is 22.7 Å². The molecule has 9 heteroatoms. The summed E-state index contributed by atoms with van der Waals surface area (Å²) >= 11 is 0. The van der Waals surface area contributed by atoms with Crippen LogP contribution in [0.2, 0.25) is 0 Å². The Morgan fingerprint density at radius 3 is 2.65 bits per heavy atom. The number of aryl methyl sites for hydroxylation is 2. The highest BCUT2D eigenvalue weighted by Gasteiger charge is 2.14. The number of nitrogens with one attached hydrogen (secondary N) is 2. The Bertz CT molecular complexity index is 718. The molecule has 1 aromatic carbocycles. The molecule has 2 aromatic rings. The molecule has 0 radical (unpaired) electrons. The summed E-state index contributed by atoms with van der Waals surface area (Å²) in [6.07, 6.45) is 0.970. The number of hydrogen-bond donors (Lipinski definition) is 2. The van der Waals surface area contributed by atoms with Crippen molar-refractivity contribution in [3.05, 3.63) is 41.5 Å². The molecule has 2 amide bonds. The van der Waals surface area contributed by atoms with Gasteiger partial charge in [-0.1, -0.05) is 5.16 Å². The second-order valence-corrected chi connectivity index (χ2v) is 4.68. The summed E-state index contributed by atoms with van der Waals surface area (Å²) in [4.78, 5) is 27.2. The molecule has 0 saturated carbocycles. The van der Waals surface area contributed by atoms with E-state index in [1.165, 1.54) is 0 Å². The molecule has 0 aliphatic rings. The van der Waals surface area contributed by atoms with Gasteiger partial charge in [-0.25, -0.2) is 8.78 Å². The Hall–Kier alpha value is -2.84. The SMILES string of the molecule is Cc1noc(CCCNC(=O)C(=O)Nc2ccc(F)c(F)c2)n1. The van der Waals surface area contributed by atoms with Crippen LogP contribution in [0.5, 0.6) is 0 Å². The molecule has 7 nitrogen and oxygen atoms in total. The van der Waals surface area contributed by atoms with E-state index in [1.54, 1.807) is 6.92 Å². The standard InChI is InChI=1S/C14H14F2N4O3/c1-8-18-12(23-20-8)3-2-6-17-13(21)14(22)19-9-4-5-10(15)11(16)7-9/h4-5,7H,2-3,6H2,1H3,(H,17,21)(H,19,22). The van der Waals surface area contributed by atoms with Gasteiger partial charge in [-0.05, 0) is 25.5 Å². The maximum Gasteiger partial charge on any atom is 0.313 e. The molecule has 1 aromatic heterocycles. The van der Waals surface area contributed by atoms with Crippen molar-refractivity contribution in [3.63, 3.8) is 0 Å². The average Bonchev–Trinajstić information content (AvgIpc) is 2.92. The van der Waals surface area contributed by atoms with Crippen LogP contribution in [0.4, 0.5) is 14.5 Å². The van der Waals surface area contributed by atoms with Crippen LogP contribution in [-0.4, -0.2) is 28.5 Å². The molecule has 0 bridgehead atoms. The molecule has 0 aliphatic carbocycles. The lowest BCUT2D eigenvalue weighted by molar-refractivity contribution is -0.136. The molecule has 23 heavy (non-hydrogen) atoms. The summed E-state index contributed by atoms with van der Waals surface area (Å²) in [5.41, 5.74) is -0.00890. The fraction of sp³-hybridized carbons (Fsp3) is 0.286. The highest BCUT2D eigenvalue weighted by atomic mass is 19.2. The van der Waals surface area contributed by atoms with Crippen molar-refractivity contribution >= 4 is 17.5 Å². The van der Waals surface area contributed by atoms with Gasteiger partial charge >= 0.3 is 11.8 Å². The number of amides is 2. The summed E-state index contributed by atoms with van der Waals surface area (Å²) in [6, 6.07) is 2.80. The molecule has 2 rings (SSSR count). The summed E-state index contributed by atoms with van der Waals surface area (Å²) in [7, 11) is 0. The molecule has 0 atom stereocenters. The third kappa shape index (κ3) is 4.83. The molecular weight excluding hydrogens is 310 g/mol. The number of carbonyl (C=O) groups is 2. The van der Waals surface area contributed by atoms with E-state index in [9.17, 15) is 18.4 Å². The van der Waals surface area contributed by atoms with E-state index in [0.29, 0.717) is 24.6 Å². The fourth-order valence-corrected chi connectivity index (χ4v) is 1.73. The molecular formula is C14H14F2N4O3. The quantitative estimate of drug-likeness (QED) is 0.639. The van der Waals surface area contributed by atoms with Gasteiger partial charge in [0.2, 0.25) is 5.89 Å². The zero-order valence-corrected chi connectivity index (χ0v) is 12.2. The predicted octanol–water partition coefficient (Wildman–Crippen LogP) is 1.34. The summed E-state index contributed by atoms with van der Waals surface area (Å²) in [6.45, 7) is 1.92. The van der Waals surface area contributed by atoms with Gasteiger partial charge in [-0.15, -0.1) is 0 Å². The minimum Gasteiger partial charge on any atom is -0.348 e. The number of aromatic nitrogens is 2. The van der Waals surface area contributed by atoms with Gasteiger partial charge < -0.3 is 15.2 Å². The van der Waals surface area contributed by atoms with Crippen molar-refractivity contribution in [2.24, 2.45) is 0 Å². The summed E-state index contributed by atoms with van der Waals surface area (Å²) in [5.74, 6) is -3.03. The first-order valence-electron chi connectivity index (χ1n) is 6.79. The zero-order chi connectivity index (χ0) is 16.8. The largest absolute Gasteiger partial charge is 0.348 e. The highest BCUT2D eigenvalue weighted by Crippen LogP contribution is 2.12. The van der Waals surface area contributed by atoms with Crippen LogP contribution in [0.1, 0.15) is 18.1 Å². The first-order chi connectivity index (χ1) is 11.0. The first-order valence-corrected chi connectivity index (χ1v) is 6.79. The molecule has 122 valence electrons. The van der Waals surface area contributed by atoms with Gasteiger partial charge in [0.1, 0.15) is 0 Å². The highest BCUT2D eigenvalue weighted by molar-refractivity contribution is 6.39. The minimum atomic E-state index is -1.11. The second-order valence-electron chi connectivity index (χ2n) is 4.68. The maximum atomic E-state index is 13.0. The molecule has 2 N–H and O–H groups in total. The van der Waals surface area contributed by atoms with Gasteiger partial charge in [0, 0.05) is 24.7 Å². The van der Waals surface area contributed by atoms with Crippen molar-refractivity contribution in [3.8, 4) is 0 Å². The van der Waals surface area contributed by atoms with Gasteiger partial charge in [-0.2, -0.15) is 4.98 Å². The topological polar surface area (TPSA) is 97.1 Å². The normalized spacial score (nSPS) is 10.4. The van der Waals surface area contributed by atoms with Crippen molar-refractivity contribution in [2.45, 2.75) is 19.8 Å². The smallest absolute Gasteiger partial charge is 0.313 e. The molecule has 0 spiro atoms. The molecule has 0 aliphatic heterocycles. The lowest BCUT2D eigenvalue weighted by Gasteiger charge is -2.06. The van der Waals surface area contributed by atoms with Crippen LogP contribution < -0.4 is 10.6 Å². The molecule has 0 unspecified atom stereocenters. The molecule has 0 saturated heterocycles. The van der Waals surface area contributed by atoms with Crippen LogP contribution in [0, 0.1) is 18.6 Å². The zero-order valence-electron chi connectivity index (χ0n) is 12.2. The number of nitrogens with zero attached hydrogens (tertiary/aromatic N) is 2. The Labute approximate surface area is 130 Å². The fourth-order valence-electron chi connectivity index (χ4n) is 1.73. The van der Waals surface area contributed by atoms with Crippen LogP contribution in [0.3, 0.4) is 0 Å². The third-order valence-corrected chi connectivity index (χ3v) is 2.81. The minimum absolute atomic E-state index is 0.00890. The first kappa shape index (κ1) is 16.5. The average molecular weight is 324 g/mol. The van der Waals surface area contributed by atoms with E-state index in [4.69, 9.17) is 4.52 Å². The number of halogens is 2. The van der Waals surface area contributed by atoms with Gasteiger partial charge in [0.25, 0.3) is 0 Å².